The fourth-order valence-electron chi connectivity index (χ4n) is 2.25. The van der Waals surface area contributed by atoms with Gasteiger partial charge in [0.1, 0.15) is 34.5 Å². The summed E-state index contributed by atoms with van der Waals surface area (Å²) in [6.07, 6.45) is 0. The van der Waals surface area contributed by atoms with Crippen molar-refractivity contribution in [2.45, 2.75) is 0 Å². The van der Waals surface area contributed by atoms with Gasteiger partial charge in [-0.25, -0.2) is 25.3 Å². The van der Waals surface area contributed by atoms with E-state index >= 15 is 0 Å². The van der Waals surface area contributed by atoms with E-state index in [2.05, 4.69) is 12.5 Å². The second-order valence-electron chi connectivity index (χ2n) is 6.50. The molecule has 0 atom stereocenters. The molecular weight excluding hydrogens is 619 g/mol. The monoisotopic (exact) mass is 640 g/mol. The minimum absolute atomic E-state index is 0. The van der Waals surface area contributed by atoms with Gasteiger partial charge >= 0.3 is 9.90 Å². The summed E-state index contributed by atoms with van der Waals surface area (Å²) in [6.45, 7) is 0. The maximum absolute atomic E-state index is 10.1. The molecule has 0 aliphatic carbocycles. The third kappa shape index (κ3) is 17.3. The summed E-state index contributed by atoms with van der Waals surface area (Å²) in [5, 5.41) is 0. The smallest absolute Gasteiger partial charge is 0.716 e. The van der Waals surface area contributed by atoms with Gasteiger partial charge in [-0.1, -0.05) is 0 Å². The van der Waals surface area contributed by atoms with E-state index in [-0.39, 0.29) is 27.1 Å². The second kappa shape index (κ2) is 16.7. The van der Waals surface area contributed by atoms with Gasteiger partial charge < -0.3 is 40.4 Å². The first-order chi connectivity index (χ1) is 18.0. The van der Waals surface area contributed by atoms with E-state index in [1.807, 2.05) is 0 Å². The first-order valence-electron chi connectivity index (χ1n) is 9.91. The maximum atomic E-state index is 10.1. The van der Waals surface area contributed by atoms with E-state index in [1.54, 1.807) is 0 Å². The summed E-state index contributed by atoms with van der Waals surface area (Å²) in [4.78, 5) is 0. The van der Waals surface area contributed by atoms with Crippen LogP contribution in [0.25, 0.3) is 0 Å². The molecule has 218 valence electrons. The van der Waals surface area contributed by atoms with Crippen LogP contribution in [0.5, 0.6) is 34.5 Å². The summed E-state index contributed by atoms with van der Waals surface area (Å²) in [6, 6.07) is 16.9. The Bertz CT molecular complexity index is 1290. The minimum Gasteiger partial charge on any atom is -0.716 e. The van der Waals surface area contributed by atoms with Gasteiger partial charge in [0.05, 0.1) is 21.3 Å². The van der Waals surface area contributed by atoms with Crippen LogP contribution in [0, 0.1) is 0 Å². The van der Waals surface area contributed by atoms with Crippen LogP contribution in [-0.2, 0) is 31.2 Å². The predicted octanol–water partition coefficient (Wildman–Crippen LogP) is 2.46. The van der Waals surface area contributed by atoms with Crippen molar-refractivity contribution in [1.82, 2.24) is 0 Å². The molecule has 3 aromatic carbocycles. The Morgan fingerprint density at radius 2 is 0.550 bits per heavy atom. The fourth-order valence-corrected chi connectivity index (χ4v) is 3.29. The Morgan fingerprint density at radius 3 is 0.675 bits per heavy atom. The van der Waals surface area contributed by atoms with Gasteiger partial charge in [-0.05, 0) is 72.8 Å². The van der Waals surface area contributed by atoms with Crippen LogP contribution in [0.3, 0.4) is 0 Å². The van der Waals surface area contributed by atoms with Crippen molar-refractivity contribution in [1.29, 1.82) is 0 Å². The molecule has 40 heavy (non-hydrogen) atoms. The summed E-state index contributed by atoms with van der Waals surface area (Å²) in [7, 11) is -9.65. The number of ether oxygens (including phenoxy) is 3. The molecule has 15 nitrogen and oxygen atoms in total. The predicted molar refractivity (Wildman–Crippen MR) is 137 cm³/mol. The maximum Gasteiger partial charge on any atom is 3.00 e. The molecule has 3 rings (SSSR count). The van der Waals surface area contributed by atoms with E-state index in [0.717, 1.165) is 0 Å². The van der Waals surface area contributed by atoms with E-state index in [0.29, 0.717) is 17.2 Å². The van der Waals surface area contributed by atoms with Gasteiger partial charge in [0.2, 0.25) is 0 Å². The number of hydrogen-bond acceptors (Lipinski definition) is 15. The Hall–Kier alpha value is -3.38. The average molecular weight is 641 g/mol. The Morgan fingerprint density at radius 1 is 0.400 bits per heavy atom. The molecule has 0 amide bonds. The van der Waals surface area contributed by atoms with Crippen molar-refractivity contribution in [2.24, 2.45) is 0 Å². The molecule has 3 aromatic rings. The van der Waals surface area contributed by atoms with Crippen LogP contribution in [0.1, 0.15) is 0 Å². The van der Waals surface area contributed by atoms with E-state index in [4.69, 9.17) is 14.2 Å². The van der Waals surface area contributed by atoms with E-state index < -0.39 is 31.2 Å². The zero-order chi connectivity index (χ0) is 29.7. The van der Waals surface area contributed by atoms with Crippen molar-refractivity contribution in [3.63, 3.8) is 0 Å². The Labute approximate surface area is 235 Å². The topological polar surface area (TPSA) is 227 Å². The summed E-state index contributed by atoms with van der Waals surface area (Å²) < 4.78 is 118. The molecule has 0 saturated carbocycles. The molecule has 0 aliphatic heterocycles. The van der Waals surface area contributed by atoms with Crippen LogP contribution in [0.4, 0.5) is 0 Å². The molecule has 0 saturated heterocycles. The van der Waals surface area contributed by atoms with Gasteiger partial charge in [0.15, 0.2) is 0 Å². The molecular formula is C21H21O15PS3. The Kier molecular flexibility index (Phi) is 15.3. The third-order valence-electron chi connectivity index (χ3n) is 3.77. The summed E-state index contributed by atoms with van der Waals surface area (Å²) >= 11 is 0. The van der Waals surface area contributed by atoms with Crippen LogP contribution >= 0.6 is 9.90 Å². The molecule has 0 N–H and O–H groups in total. The molecule has 0 heterocycles. The standard InChI is InChI=1S/3C7H8O5S.P/c3*1-11-6-2-4-7(5-3-6)12-13(8,9)10;/h3*2-5H,1H3,(H,8,9,10);/q;;;+3/p-3. The molecule has 0 spiro atoms. The molecule has 0 aromatic heterocycles. The fraction of sp³-hybridized carbons (Fsp3) is 0.143. The number of rotatable bonds is 9. The van der Waals surface area contributed by atoms with Crippen LogP contribution < -0.4 is 26.8 Å². The normalized spacial score (nSPS) is 10.7. The first kappa shape index (κ1) is 36.6. The first-order valence-corrected chi connectivity index (χ1v) is 13.9. The van der Waals surface area contributed by atoms with Crippen LogP contribution in [0.2, 0.25) is 0 Å². The van der Waals surface area contributed by atoms with Gasteiger partial charge in [-0.2, -0.15) is 0 Å². The van der Waals surface area contributed by atoms with Gasteiger partial charge in [0.25, 0.3) is 31.2 Å². The van der Waals surface area contributed by atoms with E-state index in [9.17, 15) is 38.9 Å². The molecule has 0 aliphatic rings. The molecule has 2 radical (unpaired) electrons. The third-order valence-corrected chi connectivity index (χ3v) is 4.96. The minimum atomic E-state index is -4.69. The van der Waals surface area contributed by atoms with Gasteiger partial charge in [-0.3, -0.25) is 0 Å². The van der Waals surface area contributed by atoms with Crippen molar-refractivity contribution in [2.75, 3.05) is 21.3 Å². The molecule has 19 heteroatoms. The zero-order valence-corrected chi connectivity index (χ0v) is 24.1. The number of benzene rings is 3. The molecule has 0 unspecified atom stereocenters. The van der Waals surface area contributed by atoms with Crippen molar-refractivity contribution in [3.8, 4) is 34.5 Å². The van der Waals surface area contributed by atoms with Crippen LogP contribution in [0.15, 0.2) is 72.8 Å². The number of methoxy groups -OCH3 is 3. The molecule has 0 fully saturated rings. The van der Waals surface area contributed by atoms with Crippen molar-refractivity contribution >= 4 is 41.1 Å². The summed E-state index contributed by atoms with van der Waals surface area (Å²) in [5.41, 5.74) is 0. The second-order valence-corrected chi connectivity index (χ2v) is 9.45. The van der Waals surface area contributed by atoms with Gasteiger partial charge in [0, 0.05) is 0 Å². The quantitative estimate of drug-likeness (QED) is 0.186. The van der Waals surface area contributed by atoms with Crippen molar-refractivity contribution < 1.29 is 65.7 Å². The Balaban J connectivity index is 0.000000563. The zero-order valence-electron chi connectivity index (χ0n) is 20.7. The molecule has 0 bridgehead atoms. The van der Waals surface area contributed by atoms with E-state index in [1.165, 1.54) is 94.1 Å². The largest absolute Gasteiger partial charge is 3.00 e. The van der Waals surface area contributed by atoms with Crippen molar-refractivity contribution in [3.05, 3.63) is 72.8 Å². The SMILES string of the molecule is COc1ccc(OS(=O)(=O)[O-])cc1.COc1ccc(OS(=O)(=O)[O-])cc1.COc1ccc(OS(=O)(=O)[O-])cc1.[P+3]. The number of hydrogen-bond donors (Lipinski definition) is 0. The van der Waals surface area contributed by atoms with Crippen LogP contribution in [-0.4, -0.2) is 60.2 Å². The van der Waals surface area contributed by atoms with Gasteiger partial charge in [-0.15, -0.1) is 0 Å². The average Bonchev–Trinajstić information content (AvgIpc) is 2.83. The summed E-state index contributed by atoms with van der Waals surface area (Å²) in [5.74, 6) is 1.56.